The van der Waals surface area contributed by atoms with E-state index in [9.17, 15) is 9.90 Å². The van der Waals surface area contributed by atoms with Crippen molar-refractivity contribution >= 4 is 61.8 Å². The van der Waals surface area contributed by atoms with Crippen LogP contribution in [0.25, 0.3) is 11.0 Å². The van der Waals surface area contributed by atoms with Crippen LogP contribution in [0.4, 0.5) is 17.2 Å². The molecule has 5 rings (SSSR count). The van der Waals surface area contributed by atoms with E-state index in [0.717, 1.165) is 25.3 Å². The zero-order valence-electron chi connectivity index (χ0n) is 19.1. The fourth-order valence-corrected chi connectivity index (χ4v) is 4.81. The summed E-state index contributed by atoms with van der Waals surface area (Å²) in [7, 11) is 0. The van der Waals surface area contributed by atoms with E-state index in [-0.39, 0.29) is 11.7 Å². The van der Waals surface area contributed by atoms with E-state index in [1.54, 1.807) is 24.3 Å². The number of benzene rings is 3. The fraction of sp³-hybridized carbons (Fsp3) is 0.0370. The molecule has 0 saturated heterocycles. The third kappa shape index (κ3) is 5.48. The van der Waals surface area contributed by atoms with Crippen molar-refractivity contribution in [3.8, 4) is 5.75 Å². The van der Waals surface area contributed by atoms with Crippen LogP contribution < -0.4 is 10.6 Å². The van der Waals surface area contributed by atoms with Crippen molar-refractivity contribution in [2.45, 2.75) is 16.7 Å². The van der Waals surface area contributed by atoms with Gasteiger partial charge in [-0.3, -0.25) is 4.79 Å². The minimum atomic E-state index is -0.234. The van der Waals surface area contributed by atoms with Crippen LogP contribution >= 0.6 is 27.7 Å². The summed E-state index contributed by atoms with van der Waals surface area (Å²) in [6.45, 7) is 1.91. The van der Waals surface area contributed by atoms with Gasteiger partial charge in [0.25, 0.3) is 5.91 Å². The van der Waals surface area contributed by atoms with E-state index in [1.165, 1.54) is 18.1 Å². The highest BCUT2D eigenvalue weighted by Crippen LogP contribution is 2.37. The second-order valence-electron chi connectivity index (χ2n) is 7.94. The highest BCUT2D eigenvalue weighted by atomic mass is 79.9. The number of phenolic OH excluding ortho intramolecular Hbond substituents is 1. The molecule has 0 aliphatic heterocycles. The van der Waals surface area contributed by atoms with Gasteiger partial charge in [-0.15, -0.1) is 0 Å². The molecule has 5 aromatic rings. The lowest BCUT2D eigenvalue weighted by Gasteiger charge is -2.15. The number of pyridine rings is 1. The van der Waals surface area contributed by atoms with Gasteiger partial charge >= 0.3 is 0 Å². The first-order valence-corrected chi connectivity index (χ1v) is 12.6. The van der Waals surface area contributed by atoms with Crippen LogP contribution in [0.15, 0.2) is 99.5 Å². The summed E-state index contributed by atoms with van der Waals surface area (Å²) < 4.78 is 0.878. The first-order valence-electron chi connectivity index (χ1n) is 11.0. The Labute approximate surface area is 220 Å². The number of amides is 1. The van der Waals surface area contributed by atoms with Crippen molar-refractivity contribution < 1.29 is 9.90 Å². The minimum Gasteiger partial charge on any atom is -0.508 e. The van der Waals surface area contributed by atoms with E-state index >= 15 is 0 Å². The smallest absolute Gasteiger partial charge is 0.255 e. The van der Waals surface area contributed by atoms with Gasteiger partial charge in [-0.25, -0.2) is 15.0 Å². The predicted molar refractivity (Wildman–Crippen MR) is 146 cm³/mol. The Morgan fingerprint density at radius 2 is 1.81 bits per heavy atom. The van der Waals surface area contributed by atoms with Crippen molar-refractivity contribution in [2.75, 3.05) is 10.6 Å². The number of carbonyl (C=O) groups excluding carboxylic acids is 1. The average molecular weight is 558 g/mol. The van der Waals surface area contributed by atoms with Crippen LogP contribution in [-0.2, 0) is 0 Å². The maximum atomic E-state index is 13.1. The molecule has 0 aliphatic rings. The highest BCUT2D eigenvalue weighted by molar-refractivity contribution is 9.10. The summed E-state index contributed by atoms with van der Waals surface area (Å²) in [6, 6.07) is 23.7. The maximum absolute atomic E-state index is 13.1. The van der Waals surface area contributed by atoms with Crippen molar-refractivity contribution in [1.82, 2.24) is 15.0 Å². The fourth-order valence-electron chi connectivity index (χ4n) is 3.53. The molecule has 0 bridgehead atoms. The lowest BCUT2D eigenvalue weighted by Crippen LogP contribution is -2.12. The third-order valence-electron chi connectivity index (χ3n) is 5.28. The number of hydrogen-bond acceptors (Lipinski definition) is 7. The number of nitrogens with zero attached hydrogens (tertiary/aromatic N) is 3. The largest absolute Gasteiger partial charge is 0.508 e. The molecule has 36 heavy (non-hydrogen) atoms. The molecular formula is C27H20BrN5O2S. The molecular weight excluding hydrogens is 538 g/mol. The van der Waals surface area contributed by atoms with Crippen LogP contribution in [0, 0.1) is 6.92 Å². The summed E-state index contributed by atoms with van der Waals surface area (Å²) in [5.74, 6) is 0.555. The summed E-state index contributed by atoms with van der Waals surface area (Å²) in [5, 5.41) is 16.7. The topological polar surface area (TPSA) is 100 Å². The number of fused-ring (bicyclic) bond motifs is 1. The maximum Gasteiger partial charge on any atom is 0.255 e. The Kier molecular flexibility index (Phi) is 6.84. The van der Waals surface area contributed by atoms with Crippen molar-refractivity contribution in [2.24, 2.45) is 0 Å². The first kappa shape index (κ1) is 23.8. The highest BCUT2D eigenvalue weighted by Gasteiger charge is 2.14. The van der Waals surface area contributed by atoms with Crippen molar-refractivity contribution in [3.05, 3.63) is 101 Å². The van der Waals surface area contributed by atoms with E-state index in [0.29, 0.717) is 28.4 Å². The van der Waals surface area contributed by atoms with E-state index in [4.69, 9.17) is 0 Å². The van der Waals surface area contributed by atoms with Crippen LogP contribution in [-0.4, -0.2) is 26.0 Å². The molecule has 0 fully saturated rings. The number of rotatable bonds is 6. The van der Waals surface area contributed by atoms with Gasteiger partial charge in [0.2, 0.25) is 0 Å². The normalized spacial score (nSPS) is 10.8. The lowest BCUT2D eigenvalue weighted by atomic mass is 10.1. The van der Waals surface area contributed by atoms with E-state index in [2.05, 4.69) is 41.5 Å². The number of aromatic hydroxyl groups is 1. The van der Waals surface area contributed by atoms with Gasteiger partial charge in [0.15, 0.2) is 5.65 Å². The average Bonchev–Trinajstić information content (AvgIpc) is 2.86. The molecule has 2 aromatic heterocycles. The second kappa shape index (κ2) is 10.3. The van der Waals surface area contributed by atoms with Crippen LogP contribution in [0.5, 0.6) is 5.75 Å². The van der Waals surface area contributed by atoms with Gasteiger partial charge in [-0.2, -0.15) is 0 Å². The summed E-state index contributed by atoms with van der Waals surface area (Å²) in [4.78, 5) is 28.1. The summed E-state index contributed by atoms with van der Waals surface area (Å²) in [6.07, 6.45) is 1.47. The zero-order chi connectivity index (χ0) is 25.1. The van der Waals surface area contributed by atoms with Crippen molar-refractivity contribution in [1.29, 1.82) is 0 Å². The molecule has 0 atom stereocenters. The van der Waals surface area contributed by atoms with Crippen LogP contribution in [0.1, 0.15) is 16.1 Å². The quantitative estimate of drug-likeness (QED) is 0.207. The van der Waals surface area contributed by atoms with E-state index < -0.39 is 0 Å². The predicted octanol–water partition coefficient (Wildman–Crippen LogP) is 6.95. The molecule has 0 unspecified atom stereocenters. The van der Waals surface area contributed by atoms with Crippen molar-refractivity contribution in [3.63, 3.8) is 0 Å². The summed E-state index contributed by atoms with van der Waals surface area (Å²) in [5.41, 5.74) is 3.33. The monoisotopic (exact) mass is 557 g/mol. The number of hydrogen-bond donors (Lipinski definition) is 3. The van der Waals surface area contributed by atoms with Gasteiger partial charge in [-0.05, 0) is 79.7 Å². The Morgan fingerprint density at radius 3 is 2.61 bits per heavy atom. The second-order valence-corrected chi connectivity index (χ2v) is 9.97. The Morgan fingerprint density at radius 1 is 0.972 bits per heavy atom. The molecule has 3 aromatic carbocycles. The molecule has 9 heteroatoms. The molecule has 1 amide bonds. The molecule has 2 heterocycles. The first-order chi connectivity index (χ1) is 17.4. The number of carbonyl (C=O) groups is 1. The van der Waals surface area contributed by atoms with Gasteiger partial charge in [0.05, 0.1) is 11.1 Å². The van der Waals surface area contributed by atoms with Crippen LogP contribution in [0.2, 0.25) is 0 Å². The number of aromatic nitrogens is 3. The Hall–Kier alpha value is -3.95. The number of nitrogens with one attached hydrogen (secondary N) is 2. The minimum absolute atomic E-state index is 0.201. The number of phenols is 1. The Bertz CT molecular complexity index is 1580. The molecule has 0 radical (unpaired) electrons. The molecule has 0 saturated carbocycles. The molecule has 0 aliphatic carbocycles. The third-order valence-corrected chi connectivity index (χ3v) is 6.86. The molecule has 178 valence electrons. The van der Waals surface area contributed by atoms with Gasteiger partial charge < -0.3 is 15.7 Å². The summed E-state index contributed by atoms with van der Waals surface area (Å²) >= 11 is 4.94. The standard InChI is InChI=1S/C27H20BrN5O2S/c1-16-5-11-22-25(31-16)29-15-30-26(22)33-23-13-17(27(35)32-19-4-2-3-18(28)14-19)6-12-24(23)36-21-9-7-20(34)8-10-21/h2-15,34H,1H3,(H,32,35)(H,29,30,31,33). The zero-order valence-corrected chi connectivity index (χ0v) is 21.5. The lowest BCUT2D eigenvalue weighted by molar-refractivity contribution is 0.102. The molecule has 0 spiro atoms. The molecule has 7 nitrogen and oxygen atoms in total. The van der Waals surface area contributed by atoms with E-state index in [1.807, 2.05) is 61.5 Å². The molecule has 3 N–H and O–H groups in total. The Balaban J connectivity index is 1.52. The number of anilines is 3. The number of halogens is 1. The van der Waals surface area contributed by atoms with Gasteiger partial charge in [0, 0.05) is 31.2 Å². The van der Waals surface area contributed by atoms with Gasteiger partial charge in [0.1, 0.15) is 17.9 Å². The van der Waals surface area contributed by atoms with Gasteiger partial charge in [-0.1, -0.05) is 33.8 Å². The SMILES string of the molecule is Cc1ccc2c(Nc3cc(C(=O)Nc4cccc(Br)c4)ccc3Sc3ccc(O)cc3)ncnc2n1. The number of aryl methyl sites for hydroxylation is 1. The van der Waals surface area contributed by atoms with Crippen LogP contribution in [0.3, 0.4) is 0 Å².